The molecule has 0 aliphatic carbocycles. The molecule has 1 aliphatic heterocycles. The maximum atomic E-state index is 10.8. The van der Waals surface area contributed by atoms with Gasteiger partial charge in [-0.3, -0.25) is 4.79 Å². The molecule has 0 aromatic carbocycles. The number of carbonyl (C=O) groups excluding carboxylic acids is 1. The lowest BCUT2D eigenvalue weighted by atomic mass is 10.1. The number of aliphatic hydroxyl groups excluding tert-OH is 2. The van der Waals surface area contributed by atoms with Crippen molar-refractivity contribution in [2.45, 2.75) is 24.5 Å². The first-order chi connectivity index (χ1) is 8.04. The first-order valence-electron chi connectivity index (χ1n) is 4.83. The van der Waals surface area contributed by atoms with Crippen LogP contribution in [0.15, 0.2) is 6.33 Å². The number of rotatable bonds is 3. The fourth-order valence-corrected chi connectivity index (χ4v) is 2.31. The maximum absolute atomic E-state index is 10.8. The number of amides is 1. The van der Waals surface area contributed by atoms with Crippen molar-refractivity contribution in [1.82, 2.24) is 14.8 Å². The molecule has 0 bridgehead atoms. The monoisotopic (exact) mass is 354 g/mol. The van der Waals surface area contributed by atoms with Crippen LogP contribution in [0.2, 0.25) is 0 Å². The van der Waals surface area contributed by atoms with E-state index in [1.165, 1.54) is 11.0 Å². The van der Waals surface area contributed by atoms with Gasteiger partial charge in [0.15, 0.2) is 6.23 Å². The summed E-state index contributed by atoms with van der Waals surface area (Å²) in [5.41, 5.74) is 5.01. The summed E-state index contributed by atoms with van der Waals surface area (Å²) in [4.78, 5) is 14.5. The van der Waals surface area contributed by atoms with Crippen molar-refractivity contribution >= 4 is 28.5 Å². The highest BCUT2D eigenvalue weighted by Gasteiger charge is 2.43. The van der Waals surface area contributed by atoms with Crippen LogP contribution < -0.4 is 5.73 Å². The number of primary amides is 1. The van der Waals surface area contributed by atoms with Gasteiger partial charge < -0.3 is 20.7 Å². The molecular formula is C8H11IN4O4. The Morgan fingerprint density at radius 1 is 1.59 bits per heavy atom. The van der Waals surface area contributed by atoms with E-state index >= 15 is 0 Å². The molecule has 2 rings (SSSR count). The van der Waals surface area contributed by atoms with E-state index in [1.807, 2.05) is 22.6 Å². The van der Waals surface area contributed by atoms with E-state index in [0.29, 0.717) is 4.43 Å². The van der Waals surface area contributed by atoms with Crippen LogP contribution in [0.3, 0.4) is 0 Å². The molecule has 0 radical (unpaired) electrons. The molecule has 0 saturated carbocycles. The second-order valence-corrected chi connectivity index (χ2v) is 4.49. The van der Waals surface area contributed by atoms with Gasteiger partial charge in [-0.2, -0.15) is 0 Å². The molecular weight excluding hydrogens is 343 g/mol. The van der Waals surface area contributed by atoms with E-state index < -0.39 is 30.4 Å². The summed E-state index contributed by atoms with van der Waals surface area (Å²) in [6, 6.07) is 0. The predicted molar refractivity (Wildman–Crippen MR) is 63.4 cm³/mol. The number of hydrogen-bond donors (Lipinski definition) is 3. The van der Waals surface area contributed by atoms with Crippen LogP contribution in [0, 0.1) is 0 Å². The summed E-state index contributed by atoms with van der Waals surface area (Å²) in [6.45, 7) is 0. The number of ether oxygens (including phenoxy) is 1. The Morgan fingerprint density at radius 2 is 2.29 bits per heavy atom. The molecule has 17 heavy (non-hydrogen) atoms. The molecule has 1 unspecified atom stereocenters. The van der Waals surface area contributed by atoms with Crippen LogP contribution in [0.5, 0.6) is 0 Å². The summed E-state index contributed by atoms with van der Waals surface area (Å²) < 4.78 is 7.13. The molecule has 9 heteroatoms. The van der Waals surface area contributed by atoms with Crippen LogP contribution in [-0.4, -0.2) is 53.6 Å². The number of hydrogen-bond acceptors (Lipinski definition) is 6. The van der Waals surface area contributed by atoms with E-state index in [9.17, 15) is 15.0 Å². The van der Waals surface area contributed by atoms with Crippen molar-refractivity contribution in [3.05, 3.63) is 12.2 Å². The minimum absolute atomic E-state index is 0.159. The lowest BCUT2D eigenvalue weighted by molar-refractivity contribution is -0.0384. The lowest BCUT2D eigenvalue weighted by Crippen LogP contribution is -2.32. The van der Waals surface area contributed by atoms with Gasteiger partial charge in [0.2, 0.25) is 5.82 Å². The first kappa shape index (κ1) is 12.7. The maximum Gasteiger partial charge on any atom is 0.288 e. The van der Waals surface area contributed by atoms with Gasteiger partial charge >= 0.3 is 0 Å². The lowest BCUT2D eigenvalue weighted by Gasteiger charge is -2.13. The fourth-order valence-electron chi connectivity index (χ4n) is 1.59. The number of aliphatic hydroxyl groups is 2. The van der Waals surface area contributed by atoms with Crippen molar-refractivity contribution in [3.8, 4) is 0 Å². The minimum Gasteiger partial charge on any atom is -0.387 e. The van der Waals surface area contributed by atoms with Gasteiger partial charge in [0.05, 0.1) is 6.10 Å². The van der Waals surface area contributed by atoms with Crippen molar-refractivity contribution in [2.75, 3.05) is 4.43 Å². The smallest absolute Gasteiger partial charge is 0.288 e. The zero-order chi connectivity index (χ0) is 12.6. The van der Waals surface area contributed by atoms with Crippen molar-refractivity contribution in [2.24, 2.45) is 5.73 Å². The quantitative estimate of drug-likeness (QED) is 0.445. The van der Waals surface area contributed by atoms with E-state index in [1.54, 1.807) is 0 Å². The summed E-state index contributed by atoms with van der Waals surface area (Å²) in [6.07, 6.45) is -2.20. The zero-order valence-corrected chi connectivity index (χ0v) is 10.8. The Balaban J connectivity index is 2.19. The van der Waals surface area contributed by atoms with Crippen LogP contribution in [0.4, 0.5) is 0 Å². The molecule has 1 saturated heterocycles. The van der Waals surface area contributed by atoms with Gasteiger partial charge in [-0.25, -0.2) is 9.67 Å². The SMILES string of the molecule is NC(=O)c1ncn([C@@H]2O[C@H](CI)[C@H](O)C2O)n1. The topological polar surface area (TPSA) is 123 Å². The summed E-state index contributed by atoms with van der Waals surface area (Å²) in [7, 11) is 0. The molecule has 8 nitrogen and oxygen atoms in total. The Kier molecular flexibility index (Phi) is 3.61. The molecule has 2 heterocycles. The molecule has 1 fully saturated rings. The van der Waals surface area contributed by atoms with Crippen LogP contribution in [-0.2, 0) is 4.74 Å². The molecule has 1 aromatic heterocycles. The third-order valence-electron chi connectivity index (χ3n) is 2.48. The van der Waals surface area contributed by atoms with Gasteiger partial charge in [0.25, 0.3) is 5.91 Å². The second-order valence-electron chi connectivity index (χ2n) is 3.61. The molecule has 94 valence electrons. The van der Waals surface area contributed by atoms with Gasteiger partial charge in [0, 0.05) is 4.43 Å². The van der Waals surface area contributed by atoms with E-state index in [0.717, 1.165) is 0 Å². The Labute approximate surface area is 110 Å². The average molecular weight is 354 g/mol. The number of halogens is 1. The van der Waals surface area contributed by atoms with Crippen LogP contribution in [0.25, 0.3) is 0 Å². The molecule has 4 N–H and O–H groups in total. The summed E-state index contributed by atoms with van der Waals surface area (Å²) in [5, 5.41) is 23.2. The Bertz CT molecular complexity index is 425. The van der Waals surface area contributed by atoms with Crippen molar-refractivity contribution in [1.29, 1.82) is 0 Å². The largest absolute Gasteiger partial charge is 0.387 e. The number of carbonyl (C=O) groups is 1. The molecule has 1 amide bonds. The van der Waals surface area contributed by atoms with Gasteiger partial charge in [-0.1, -0.05) is 22.6 Å². The Morgan fingerprint density at radius 3 is 2.76 bits per heavy atom. The Hall–Kier alpha value is -0.780. The zero-order valence-electron chi connectivity index (χ0n) is 8.60. The van der Waals surface area contributed by atoms with Gasteiger partial charge in [0.1, 0.15) is 18.5 Å². The third kappa shape index (κ3) is 2.27. The van der Waals surface area contributed by atoms with E-state index in [-0.39, 0.29) is 5.82 Å². The highest BCUT2D eigenvalue weighted by atomic mass is 127. The van der Waals surface area contributed by atoms with Gasteiger partial charge in [-0.05, 0) is 0 Å². The number of alkyl halides is 1. The molecule has 0 spiro atoms. The minimum atomic E-state index is -1.11. The molecule has 1 aromatic rings. The molecule has 1 aliphatic rings. The highest BCUT2D eigenvalue weighted by molar-refractivity contribution is 14.1. The van der Waals surface area contributed by atoms with Crippen LogP contribution >= 0.6 is 22.6 Å². The van der Waals surface area contributed by atoms with Gasteiger partial charge in [-0.15, -0.1) is 5.10 Å². The highest BCUT2D eigenvalue weighted by Crippen LogP contribution is 2.29. The summed E-state index contributed by atoms with van der Waals surface area (Å²) >= 11 is 2.04. The first-order valence-corrected chi connectivity index (χ1v) is 6.35. The second kappa shape index (κ2) is 4.84. The number of aromatic nitrogens is 3. The predicted octanol–water partition coefficient (Wildman–Crippen LogP) is -1.57. The number of nitrogens with zero attached hydrogens (tertiary/aromatic N) is 3. The fraction of sp³-hybridized carbons (Fsp3) is 0.625. The van der Waals surface area contributed by atoms with E-state index in [4.69, 9.17) is 10.5 Å². The summed E-state index contributed by atoms with van der Waals surface area (Å²) in [5.74, 6) is -0.921. The molecule has 4 atom stereocenters. The number of nitrogens with two attached hydrogens (primary N) is 1. The van der Waals surface area contributed by atoms with Crippen molar-refractivity contribution in [3.63, 3.8) is 0 Å². The van der Waals surface area contributed by atoms with Crippen LogP contribution in [0.1, 0.15) is 16.8 Å². The normalized spacial score (nSPS) is 32.9. The standard InChI is InChI=1S/C8H11IN4O4/c9-1-3-4(14)5(15)8(17-3)13-2-11-7(12-13)6(10)16/h2-5,8,14-15H,1H2,(H2,10,16)/t3-,4+,5?,8-/m1/s1. The van der Waals surface area contributed by atoms with Crippen molar-refractivity contribution < 1.29 is 19.7 Å². The third-order valence-corrected chi connectivity index (χ3v) is 3.35. The van der Waals surface area contributed by atoms with E-state index in [2.05, 4.69) is 10.1 Å². The average Bonchev–Trinajstić information content (AvgIpc) is 2.87.